The summed E-state index contributed by atoms with van der Waals surface area (Å²) < 4.78 is 39.5. The molecular weight excluding hydrogens is 550 g/mol. The Bertz CT molecular complexity index is 1300. The lowest BCUT2D eigenvalue weighted by atomic mass is 9.98. The van der Waals surface area contributed by atoms with Gasteiger partial charge in [0, 0.05) is 33.8 Å². The lowest BCUT2D eigenvalue weighted by molar-refractivity contribution is -0.244. The van der Waals surface area contributed by atoms with E-state index < -0.39 is 60.9 Å². The van der Waals surface area contributed by atoms with Crippen LogP contribution >= 0.6 is 0 Å². The van der Waals surface area contributed by atoms with Crippen LogP contribution < -0.4 is 0 Å². The van der Waals surface area contributed by atoms with E-state index in [9.17, 15) is 19.2 Å². The fourth-order valence-corrected chi connectivity index (χ4v) is 5.76. The molecule has 0 radical (unpaired) electrons. The van der Waals surface area contributed by atoms with Crippen molar-refractivity contribution in [1.29, 1.82) is 0 Å². The summed E-state index contributed by atoms with van der Waals surface area (Å²) in [5.41, 5.74) is 4.30. The highest BCUT2D eigenvalue weighted by Gasteiger charge is 2.58. The molecular formula is C30H33NO11. The molecule has 224 valence electrons. The van der Waals surface area contributed by atoms with E-state index in [4.69, 9.17) is 33.2 Å². The zero-order chi connectivity index (χ0) is 30.0. The van der Waals surface area contributed by atoms with Crippen LogP contribution in [-0.2, 0) is 47.5 Å². The smallest absolute Gasteiger partial charge is 0.412 e. The predicted octanol–water partition coefficient (Wildman–Crippen LogP) is 2.76. The topological polar surface area (TPSA) is 136 Å². The molecule has 0 N–H and O–H groups in total. The van der Waals surface area contributed by atoms with Crippen molar-refractivity contribution in [1.82, 2.24) is 4.90 Å². The van der Waals surface area contributed by atoms with Crippen LogP contribution in [-0.4, -0.2) is 92.7 Å². The Morgan fingerprint density at radius 3 is 2.10 bits per heavy atom. The summed E-state index contributed by atoms with van der Waals surface area (Å²) in [6, 6.07) is 16.0. The Balaban J connectivity index is 1.38. The number of methoxy groups -OCH3 is 1. The fourth-order valence-electron chi connectivity index (χ4n) is 5.76. The number of nitrogens with zero attached hydrogens (tertiary/aromatic N) is 1. The van der Waals surface area contributed by atoms with Crippen LogP contribution in [0, 0.1) is 0 Å². The molecule has 42 heavy (non-hydrogen) atoms. The molecule has 2 aromatic rings. The van der Waals surface area contributed by atoms with Crippen LogP contribution in [0.4, 0.5) is 4.79 Å². The maximum atomic E-state index is 13.6. The lowest BCUT2D eigenvalue weighted by Crippen LogP contribution is -2.58. The number of esters is 3. The van der Waals surface area contributed by atoms with Crippen molar-refractivity contribution in [3.8, 4) is 11.1 Å². The number of carbonyl (C=O) groups is 4. The molecule has 5 rings (SSSR count). The van der Waals surface area contributed by atoms with Crippen molar-refractivity contribution in [3.05, 3.63) is 59.7 Å². The van der Waals surface area contributed by atoms with Gasteiger partial charge in [0.25, 0.3) is 0 Å². The van der Waals surface area contributed by atoms with Gasteiger partial charge in [0.2, 0.25) is 0 Å². The summed E-state index contributed by atoms with van der Waals surface area (Å²) in [7, 11) is 1.41. The maximum Gasteiger partial charge on any atom is 0.412 e. The van der Waals surface area contributed by atoms with Gasteiger partial charge in [-0.3, -0.25) is 19.3 Å². The molecule has 2 fully saturated rings. The van der Waals surface area contributed by atoms with Crippen LogP contribution in [0.5, 0.6) is 0 Å². The number of hydrogen-bond acceptors (Lipinski definition) is 11. The van der Waals surface area contributed by atoms with Gasteiger partial charge in [-0.2, -0.15) is 0 Å². The highest BCUT2D eigenvalue weighted by molar-refractivity contribution is 5.79. The number of rotatable bonds is 8. The first kappa shape index (κ1) is 29.5. The molecule has 0 aromatic heterocycles. The molecule has 0 saturated carbocycles. The van der Waals surface area contributed by atoms with Crippen LogP contribution in [0.3, 0.4) is 0 Å². The summed E-state index contributed by atoms with van der Waals surface area (Å²) in [6.45, 7) is 3.25. The minimum Gasteiger partial charge on any atom is -0.462 e. The van der Waals surface area contributed by atoms with E-state index in [1.165, 1.54) is 32.8 Å². The first-order valence-corrected chi connectivity index (χ1v) is 13.6. The monoisotopic (exact) mass is 583 g/mol. The van der Waals surface area contributed by atoms with Crippen molar-refractivity contribution in [2.45, 2.75) is 63.6 Å². The normalized spacial score (nSPS) is 25.0. The van der Waals surface area contributed by atoms with E-state index in [2.05, 4.69) is 0 Å². The minimum atomic E-state index is -1.16. The van der Waals surface area contributed by atoms with Gasteiger partial charge < -0.3 is 33.2 Å². The van der Waals surface area contributed by atoms with Gasteiger partial charge >= 0.3 is 24.0 Å². The molecule has 0 spiro atoms. The van der Waals surface area contributed by atoms with E-state index in [0.29, 0.717) is 0 Å². The van der Waals surface area contributed by atoms with Crippen LogP contribution in [0.2, 0.25) is 0 Å². The third-order valence-electron chi connectivity index (χ3n) is 7.46. The highest BCUT2D eigenvalue weighted by atomic mass is 16.7. The van der Waals surface area contributed by atoms with Crippen LogP contribution in [0.15, 0.2) is 48.5 Å². The van der Waals surface area contributed by atoms with Crippen molar-refractivity contribution in [3.63, 3.8) is 0 Å². The Morgan fingerprint density at radius 1 is 0.881 bits per heavy atom. The van der Waals surface area contributed by atoms with Gasteiger partial charge in [-0.25, -0.2) is 4.79 Å². The summed E-state index contributed by atoms with van der Waals surface area (Å²) >= 11 is 0. The number of fused-ring (bicyclic) bond motifs is 4. The van der Waals surface area contributed by atoms with E-state index >= 15 is 0 Å². The van der Waals surface area contributed by atoms with Gasteiger partial charge in [-0.15, -0.1) is 0 Å². The maximum absolute atomic E-state index is 13.6. The molecule has 2 heterocycles. The summed E-state index contributed by atoms with van der Waals surface area (Å²) in [5.74, 6) is -2.10. The number of benzene rings is 2. The van der Waals surface area contributed by atoms with Gasteiger partial charge in [0.1, 0.15) is 25.4 Å². The van der Waals surface area contributed by atoms with Crippen LogP contribution in [0.1, 0.15) is 37.8 Å². The summed E-state index contributed by atoms with van der Waals surface area (Å²) in [5, 5.41) is 0. The second-order valence-electron chi connectivity index (χ2n) is 10.2. The third kappa shape index (κ3) is 5.96. The average molecular weight is 584 g/mol. The van der Waals surface area contributed by atoms with E-state index in [-0.39, 0.29) is 25.7 Å². The number of amides is 1. The van der Waals surface area contributed by atoms with Crippen molar-refractivity contribution < 1.29 is 52.3 Å². The SMILES string of the molecule is CO[C@H]1CN(C(=O)OCC2c3ccccc3-c3ccccc32)[C@@H]2O[C@H]([C@@H](COC(C)=O)OC(C)=O)[C@H](OC(C)=O)[C@@H]2O1. The standard InChI is InChI=1S/C30H33NO11/c1-16(32)37-15-24(39-17(2)33)26-27(40-18(3)34)28-29(42-26)31(13-25(36-4)41-28)30(35)38-14-23-21-11-7-5-9-19(21)20-10-6-8-12-22(20)23/h5-12,23-29H,13-15H2,1-4H3/t24-,25-,26-,27+,28+,29-/m1/s1. The largest absolute Gasteiger partial charge is 0.462 e. The van der Waals surface area contributed by atoms with Crippen LogP contribution in [0.25, 0.3) is 11.1 Å². The van der Waals surface area contributed by atoms with Gasteiger partial charge in [-0.1, -0.05) is 48.5 Å². The Labute approximate surface area is 242 Å². The Kier molecular flexibility index (Phi) is 8.76. The van der Waals surface area contributed by atoms with Crippen molar-refractivity contribution in [2.24, 2.45) is 0 Å². The average Bonchev–Trinajstić information content (AvgIpc) is 3.48. The zero-order valence-electron chi connectivity index (χ0n) is 23.7. The Hall–Kier alpha value is -4.00. The molecule has 0 unspecified atom stereocenters. The number of carbonyl (C=O) groups excluding carboxylic acids is 4. The fraction of sp³-hybridized carbons (Fsp3) is 0.467. The van der Waals surface area contributed by atoms with Gasteiger partial charge in [-0.05, 0) is 22.3 Å². The first-order chi connectivity index (χ1) is 20.2. The quantitative estimate of drug-likeness (QED) is 0.335. The Morgan fingerprint density at radius 2 is 1.52 bits per heavy atom. The number of morpholine rings is 1. The molecule has 12 nitrogen and oxygen atoms in total. The zero-order valence-corrected chi connectivity index (χ0v) is 23.7. The molecule has 3 aliphatic rings. The molecule has 2 aromatic carbocycles. The molecule has 1 aliphatic carbocycles. The van der Waals surface area contributed by atoms with Crippen molar-refractivity contribution >= 4 is 24.0 Å². The van der Waals surface area contributed by atoms with Gasteiger partial charge in [0.15, 0.2) is 24.7 Å². The highest BCUT2D eigenvalue weighted by Crippen LogP contribution is 2.45. The molecule has 2 saturated heterocycles. The summed E-state index contributed by atoms with van der Waals surface area (Å²) in [4.78, 5) is 50.4. The number of ether oxygens (including phenoxy) is 7. The molecule has 2 aliphatic heterocycles. The van der Waals surface area contributed by atoms with E-state index in [1.807, 2.05) is 48.5 Å². The predicted molar refractivity (Wildman–Crippen MR) is 144 cm³/mol. The molecule has 1 amide bonds. The van der Waals surface area contributed by atoms with E-state index in [1.54, 1.807) is 0 Å². The van der Waals surface area contributed by atoms with Crippen molar-refractivity contribution in [2.75, 3.05) is 26.9 Å². The molecule has 0 bridgehead atoms. The van der Waals surface area contributed by atoms with E-state index in [0.717, 1.165) is 22.3 Å². The first-order valence-electron chi connectivity index (χ1n) is 13.6. The number of hydrogen-bond donors (Lipinski definition) is 0. The van der Waals surface area contributed by atoms with Gasteiger partial charge in [0.05, 0.1) is 6.54 Å². The molecule has 6 atom stereocenters. The second-order valence-corrected chi connectivity index (χ2v) is 10.2. The lowest BCUT2D eigenvalue weighted by Gasteiger charge is -2.39. The summed E-state index contributed by atoms with van der Waals surface area (Å²) in [6.07, 6.45) is -7.11. The third-order valence-corrected chi connectivity index (χ3v) is 7.46. The molecule has 12 heteroatoms. The second kappa shape index (κ2) is 12.5. The minimum absolute atomic E-state index is 0.0456.